The molecular weight excluding hydrogens is 228 g/mol. The van der Waals surface area contributed by atoms with E-state index in [1.54, 1.807) is 26.4 Å². The molecule has 18 heavy (non-hydrogen) atoms. The molecular formula is C15H20O3. The summed E-state index contributed by atoms with van der Waals surface area (Å²) >= 11 is 0. The molecule has 1 aliphatic rings. The van der Waals surface area contributed by atoms with E-state index in [-0.39, 0.29) is 11.7 Å². The fourth-order valence-corrected chi connectivity index (χ4v) is 2.74. The van der Waals surface area contributed by atoms with Crippen LogP contribution in [0.15, 0.2) is 18.2 Å². The van der Waals surface area contributed by atoms with Gasteiger partial charge in [-0.25, -0.2) is 0 Å². The summed E-state index contributed by atoms with van der Waals surface area (Å²) < 4.78 is 10.4. The van der Waals surface area contributed by atoms with E-state index >= 15 is 0 Å². The third kappa shape index (κ3) is 2.35. The smallest absolute Gasteiger partial charge is 0.166 e. The first kappa shape index (κ1) is 12.9. The number of ether oxygens (including phenoxy) is 2. The molecule has 2 unspecified atom stereocenters. The van der Waals surface area contributed by atoms with Gasteiger partial charge in [0.15, 0.2) is 17.3 Å². The second-order valence-corrected chi connectivity index (χ2v) is 4.95. The molecule has 3 heteroatoms. The molecule has 2 atom stereocenters. The molecule has 0 aliphatic heterocycles. The Kier molecular flexibility index (Phi) is 3.90. The normalized spacial score (nSPS) is 22.8. The molecule has 0 saturated heterocycles. The van der Waals surface area contributed by atoms with E-state index in [1.165, 1.54) is 0 Å². The number of rotatable bonds is 4. The van der Waals surface area contributed by atoms with Crippen LogP contribution in [-0.2, 0) is 0 Å². The van der Waals surface area contributed by atoms with Crippen molar-refractivity contribution in [2.45, 2.75) is 26.2 Å². The molecule has 0 bridgehead atoms. The monoisotopic (exact) mass is 248 g/mol. The second kappa shape index (κ2) is 5.42. The van der Waals surface area contributed by atoms with Crippen molar-refractivity contribution in [2.75, 3.05) is 14.2 Å². The van der Waals surface area contributed by atoms with Gasteiger partial charge in [0.1, 0.15) is 0 Å². The van der Waals surface area contributed by atoms with Crippen molar-refractivity contribution in [3.05, 3.63) is 23.8 Å². The van der Waals surface area contributed by atoms with Gasteiger partial charge in [-0.3, -0.25) is 4.79 Å². The molecule has 1 fully saturated rings. The van der Waals surface area contributed by atoms with Gasteiger partial charge >= 0.3 is 0 Å². The Bertz CT molecular complexity index is 439. The summed E-state index contributed by atoms with van der Waals surface area (Å²) in [6.45, 7) is 2.16. The van der Waals surface area contributed by atoms with Crippen LogP contribution in [0.25, 0.3) is 0 Å². The van der Waals surface area contributed by atoms with Gasteiger partial charge < -0.3 is 9.47 Å². The van der Waals surface area contributed by atoms with Crippen LogP contribution in [0, 0.1) is 11.8 Å². The lowest BCUT2D eigenvalue weighted by atomic mass is 9.89. The molecule has 1 saturated carbocycles. The number of methoxy groups -OCH3 is 2. The zero-order valence-electron chi connectivity index (χ0n) is 11.2. The van der Waals surface area contributed by atoms with Gasteiger partial charge in [-0.1, -0.05) is 13.3 Å². The number of hydrogen-bond donors (Lipinski definition) is 0. The van der Waals surface area contributed by atoms with Crippen LogP contribution in [-0.4, -0.2) is 20.0 Å². The Labute approximate surface area is 108 Å². The van der Waals surface area contributed by atoms with Gasteiger partial charge in [-0.05, 0) is 37.0 Å². The van der Waals surface area contributed by atoms with Gasteiger partial charge in [0, 0.05) is 11.5 Å². The SMILES string of the molecule is COc1ccc(C(=O)C2CCCC2C)cc1OC. The van der Waals surface area contributed by atoms with E-state index in [1.807, 2.05) is 6.07 Å². The Morgan fingerprint density at radius 2 is 1.89 bits per heavy atom. The fraction of sp³-hybridized carbons (Fsp3) is 0.533. The van der Waals surface area contributed by atoms with Crippen LogP contribution in [0.2, 0.25) is 0 Å². The zero-order chi connectivity index (χ0) is 13.1. The van der Waals surface area contributed by atoms with Crippen molar-refractivity contribution in [3.8, 4) is 11.5 Å². The maximum absolute atomic E-state index is 12.4. The summed E-state index contributed by atoms with van der Waals surface area (Å²) in [5, 5.41) is 0. The Hall–Kier alpha value is -1.51. The number of Topliss-reactive ketones (excluding diaryl/α,β-unsaturated/α-hetero) is 1. The maximum Gasteiger partial charge on any atom is 0.166 e. The molecule has 0 aromatic heterocycles. The molecule has 2 rings (SSSR count). The largest absolute Gasteiger partial charge is 0.493 e. The van der Waals surface area contributed by atoms with E-state index in [9.17, 15) is 4.79 Å². The van der Waals surface area contributed by atoms with Crippen LogP contribution in [0.3, 0.4) is 0 Å². The molecule has 0 N–H and O–H groups in total. The van der Waals surface area contributed by atoms with Crippen molar-refractivity contribution < 1.29 is 14.3 Å². The minimum Gasteiger partial charge on any atom is -0.493 e. The van der Waals surface area contributed by atoms with Gasteiger partial charge in [-0.2, -0.15) is 0 Å². The third-order valence-electron chi connectivity index (χ3n) is 3.87. The number of hydrogen-bond acceptors (Lipinski definition) is 3. The lowest BCUT2D eigenvalue weighted by Crippen LogP contribution is -2.17. The predicted molar refractivity (Wildman–Crippen MR) is 70.4 cm³/mol. The maximum atomic E-state index is 12.4. The van der Waals surface area contributed by atoms with Crippen molar-refractivity contribution in [1.82, 2.24) is 0 Å². The molecule has 0 spiro atoms. The molecule has 3 nitrogen and oxygen atoms in total. The lowest BCUT2D eigenvalue weighted by Gasteiger charge is -2.15. The average Bonchev–Trinajstić information content (AvgIpc) is 2.83. The van der Waals surface area contributed by atoms with Gasteiger partial charge in [0.05, 0.1) is 14.2 Å². The highest BCUT2D eigenvalue weighted by atomic mass is 16.5. The first-order valence-corrected chi connectivity index (χ1v) is 6.43. The zero-order valence-corrected chi connectivity index (χ0v) is 11.2. The quantitative estimate of drug-likeness (QED) is 0.767. The average molecular weight is 248 g/mol. The fourth-order valence-electron chi connectivity index (χ4n) is 2.74. The van der Waals surface area contributed by atoms with E-state index in [0.717, 1.165) is 24.8 Å². The Morgan fingerprint density at radius 3 is 2.44 bits per heavy atom. The van der Waals surface area contributed by atoms with Gasteiger partial charge in [-0.15, -0.1) is 0 Å². The lowest BCUT2D eigenvalue weighted by molar-refractivity contribution is 0.0896. The Morgan fingerprint density at radius 1 is 1.17 bits per heavy atom. The van der Waals surface area contributed by atoms with E-state index in [4.69, 9.17) is 9.47 Å². The summed E-state index contributed by atoms with van der Waals surface area (Å²) in [4.78, 5) is 12.4. The molecule has 0 radical (unpaired) electrons. The first-order valence-electron chi connectivity index (χ1n) is 6.43. The topological polar surface area (TPSA) is 35.5 Å². The highest BCUT2D eigenvalue weighted by Crippen LogP contribution is 2.35. The second-order valence-electron chi connectivity index (χ2n) is 4.95. The standard InChI is InChI=1S/C15H20O3/c1-10-5-4-6-12(10)15(16)11-7-8-13(17-2)14(9-11)18-3/h7-10,12H,4-6H2,1-3H3. The van der Waals surface area contributed by atoms with E-state index in [0.29, 0.717) is 17.4 Å². The molecule has 1 aromatic rings. The van der Waals surface area contributed by atoms with E-state index < -0.39 is 0 Å². The molecule has 98 valence electrons. The predicted octanol–water partition coefficient (Wildman–Crippen LogP) is 3.32. The van der Waals surface area contributed by atoms with Crippen LogP contribution in [0.4, 0.5) is 0 Å². The van der Waals surface area contributed by atoms with Crippen LogP contribution in [0.5, 0.6) is 11.5 Å². The molecule has 0 amide bonds. The summed E-state index contributed by atoms with van der Waals surface area (Å²) in [6.07, 6.45) is 3.32. The molecule has 1 aliphatic carbocycles. The van der Waals surface area contributed by atoms with Crippen molar-refractivity contribution in [1.29, 1.82) is 0 Å². The van der Waals surface area contributed by atoms with Crippen molar-refractivity contribution in [3.63, 3.8) is 0 Å². The number of benzene rings is 1. The summed E-state index contributed by atoms with van der Waals surface area (Å²) in [6, 6.07) is 5.41. The van der Waals surface area contributed by atoms with Gasteiger partial charge in [0.25, 0.3) is 0 Å². The minimum atomic E-state index is 0.170. The van der Waals surface area contributed by atoms with Crippen LogP contribution >= 0.6 is 0 Å². The highest BCUT2D eigenvalue weighted by Gasteiger charge is 2.30. The van der Waals surface area contributed by atoms with Crippen molar-refractivity contribution in [2.24, 2.45) is 11.8 Å². The van der Waals surface area contributed by atoms with Crippen molar-refractivity contribution >= 4 is 5.78 Å². The molecule has 0 heterocycles. The third-order valence-corrected chi connectivity index (χ3v) is 3.87. The number of ketones is 1. The summed E-state index contributed by atoms with van der Waals surface area (Å²) in [5.41, 5.74) is 0.728. The number of carbonyl (C=O) groups is 1. The van der Waals surface area contributed by atoms with Crippen LogP contribution < -0.4 is 9.47 Å². The molecule has 1 aromatic carbocycles. The Balaban J connectivity index is 2.25. The van der Waals surface area contributed by atoms with Crippen LogP contribution in [0.1, 0.15) is 36.5 Å². The number of carbonyl (C=O) groups excluding carboxylic acids is 1. The van der Waals surface area contributed by atoms with E-state index in [2.05, 4.69) is 6.92 Å². The summed E-state index contributed by atoms with van der Waals surface area (Å²) in [7, 11) is 3.18. The van der Waals surface area contributed by atoms with Gasteiger partial charge in [0.2, 0.25) is 0 Å². The highest BCUT2D eigenvalue weighted by molar-refractivity contribution is 5.98. The summed E-state index contributed by atoms with van der Waals surface area (Å²) in [5.74, 6) is 2.18. The minimum absolute atomic E-state index is 0.170. The first-order chi connectivity index (χ1) is 8.67.